The molecular formula is C13H25N3O3. The van der Waals surface area contributed by atoms with E-state index in [1.54, 1.807) is 7.11 Å². The van der Waals surface area contributed by atoms with E-state index in [0.717, 1.165) is 19.4 Å². The largest absolute Gasteiger partial charge is 0.382 e. The summed E-state index contributed by atoms with van der Waals surface area (Å²) in [5.41, 5.74) is 0. The Hall–Kier alpha value is -0.980. The number of rotatable bonds is 11. The Kier molecular flexibility index (Phi) is 8.36. The van der Waals surface area contributed by atoms with Gasteiger partial charge in [-0.05, 0) is 19.9 Å². The van der Waals surface area contributed by atoms with E-state index in [2.05, 4.69) is 29.3 Å². The van der Waals surface area contributed by atoms with E-state index in [9.17, 15) is 0 Å². The molecule has 0 saturated carbocycles. The first-order chi connectivity index (χ1) is 9.26. The Balaban J connectivity index is 2.17. The molecule has 1 aromatic heterocycles. The molecule has 1 N–H and O–H groups in total. The van der Waals surface area contributed by atoms with Gasteiger partial charge in [0.25, 0.3) is 0 Å². The van der Waals surface area contributed by atoms with E-state index < -0.39 is 0 Å². The molecule has 0 spiro atoms. The number of ether oxygens (including phenoxy) is 2. The zero-order valence-electron chi connectivity index (χ0n) is 12.1. The average molecular weight is 271 g/mol. The third-order valence-corrected chi connectivity index (χ3v) is 2.76. The molecule has 0 bridgehead atoms. The molecule has 110 valence electrons. The molecule has 19 heavy (non-hydrogen) atoms. The summed E-state index contributed by atoms with van der Waals surface area (Å²) in [6, 6.07) is 0.470. The molecule has 1 unspecified atom stereocenters. The van der Waals surface area contributed by atoms with Crippen molar-refractivity contribution >= 4 is 0 Å². The Morgan fingerprint density at radius 1 is 1.26 bits per heavy atom. The molecule has 0 fully saturated rings. The molecule has 1 atom stereocenters. The Morgan fingerprint density at radius 2 is 2.11 bits per heavy atom. The molecule has 0 saturated heterocycles. The Labute approximate surface area is 114 Å². The topological polar surface area (TPSA) is 69.4 Å². The smallest absolute Gasteiger partial charge is 0.226 e. The standard InChI is InChI=1S/C13H25N3O3/c1-4-14-11(2)5-6-13-15-12(16-19-13)7-8-18-10-9-17-3/h11,14H,4-10H2,1-3H3. The van der Waals surface area contributed by atoms with Crippen molar-refractivity contribution in [3.05, 3.63) is 11.7 Å². The monoisotopic (exact) mass is 271 g/mol. The quantitative estimate of drug-likeness (QED) is 0.610. The van der Waals surface area contributed by atoms with Crippen molar-refractivity contribution in [3.63, 3.8) is 0 Å². The summed E-state index contributed by atoms with van der Waals surface area (Å²) < 4.78 is 15.5. The lowest BCUT2D eigenvalue weighted by Crippen LogP contribution is -2.25. The van der Waals surface area contributed by atoms with Crippen LogP contribution in [0.4, 0.5) is 0 Å². The van der Waals surface area contributed by atoms with Crippen molar-refractivity contribution in [2.45, 2.75) is 39.2 Å². The second-order valence-corrected chi connectivity index (χ2v) is 4.46. The molecule has 0 aliphatic rings. The molecule has 0 amide bonds. The molecular weight excluding hydrogens is 246 g/mol. The zero-order valence-corrected chi connectivity index (χ0v) is 12.1. The van der Waals surface area contributed by atoms with Crippen LogP contribution >= 0.6 is 0 Å². The minimum absolute atomic E-state index is 0.470. The Morgan fingerprint density at radius 3 is 2.84 bits per heavy atom. The first-order valence-electron chi connectivity index (χ1n) is 6.87. The molecule has 0 radical (unpaired) electrons. The van der Waals surface area contributed by atoms with Gasteiger partial charge >= 0.3 is 0 Å². The average Bonchev–Trinajstić information content (AvgIpc) is 2.84. The summed E-state index contributed by atoms with van der Waals surface area (Å²) in [6.45, 7) is 7.04. The van der Waals surface area contributed by atoms with Crippen molar-refractivity contribution in [1.29, 1.82) is 0 Å². The number of aromatic nitrogens is 2. The van der Waals surface area contributed by atoms with Crippen LogP contribution in [0.3, 0.4) is 0 Å². The van der Waals surface area contributed by atoms with E-state index in [-0.39, 0.29) is 0 Å². The van der Waals surface area contributed by atoms with Gasteiger partial charge in [0.15, 0.2) is 5.82 Å². The van der Waals surface area contributed by atoms with Gasteiger partial charge in [0, 0.05) is 26.0 Å². The van der Waals surface area contributed by atoms with Gasteiger partial charge in [-0.25, -0.2) is 0 Å². The number of hydrogen-bond donors (Lipinski definition) is 1. The lowest BCUT2D eigenvalue weighted by Gasteiger charge is -2.09. The van der Waals surface area contributed by atoms with Crippen LogP contribution in [0, 0.1) is 0 Å². The first kappa shape index (κ1) is 16.1. The fraction of sp³-hybridized carbons (Fsp3) is 0.846. The van der Waals surface area contributed by atoms with Crippen LogP contribution in [0.15, 0.2) is 4.52 Å². The van der Waals surface area contributed by atoms with Gasteiger partial charge < -0.3 is 19.3 Å². The number of aryl methyl sites for hydroxylation is 1. The predicted octanol–water partition coefficient (Wildman–Crippen LogP) is 1.21. The maximum atomic E-state index is 5.36. The minimum atomic E-state index is 0.470. The summed E-state index contributed by atoms with van der Waals surface area (Å²) in [6.07, 6.45) is 2.49. The van der Waals surface area contributed by atoms with E-state index in [4.69, 9.17) is 14.0 Å². The number of nitrogens with zero attached hydrogens (tertiary/aromatic N) is 2. The fourth-order valence-corrected chi connectivity index (χ4v) is 1.69. The fourth-order valence-electron chi connectivity index (χ4n) is 1.69. The van der Waals surface area contributed by atoms with Crippen LogP contribution in [0.5, 0.6) is 0 Å². The lowest BCUT2D eigenvalue weighted by atomic mass is 10.2. The van der Waals surface area contributed by atoms with E-state index in [0.29, 0.717) is 44.0 Å². The first-order valence-corrected chi connectivity index (χ1v) is 6.87. The summed E-state index contributed by atoms with van der Waals surface area (Å²) in [4.78, 5) is 4.34. The number of methoxy groups -OCH3 is 1. The van der Waals surface area contributed by atoms with Gasteiger partial charge in [0.2, 0.25) is 5.89 Å². The van der Waals surface area contributed by atoms with Crippen molar-refractivity contribution in [1.82, 2.24) is 15.5 Å². The normalized spacial score (nSPS) is 12.8. The second-order valence-electron chi connectivity index (χ2n) is 4.46. The van der Waals surface area contributed by atoms with Gasteiger partial charge in [0.1, 0.15) is 0 Å². The van der Waals surface area contributed by atoms with Gasteiger partial charge in [-0.1, -0.05) is 12.1 Å². The highest BCUT2D eigenvalue weighted by Crippen LogP contribution is 2.04. The summed E-state index contributed by atoms with van der Waals surface area (Å²) in [5, 5.41) is 7.29. The minimum Gasteiger partial charge on any atom is -0.382 e. The van der Waals surface area contributed by atoms with Crippen molar-refractivity contribution in [2.24, 2.45) is 0 Å². The Bertz CT molecular complexity index is 331. The zero-order chi connectivity index (χ0) is 13.9. The molecule has 1 heterocycles. The van der Waals surface area contributed by atoms with Crippen LogP contribution in [-0.4, -0.2) is 49.7 Å². The molecule has 0 aliphatic heterocycles. The summed E-state index contributed by atoms with van der Waals surface area (Å²) in [7, 11) is 1.66. The number of nitrogens with one attached hydrogen (secondary N) is 1. The SMILES string of the molecule is CCNC(C)CCc1nc(CCOCCOC)no1. The summed E-state index contributed by atoms with van der Waals surface area (Å²) >= 11 is 0. The highest BCUT2D eigenvalue weighted by Gasteiger charge is 2.08. The van der Waals surface area contributed by atoms with E-state index in [1.807, 2.05) is 0 Å². The van der Waals surface area contributed by atoms with Crippen LogP contribution in [0.2, 0.25) is 0 Å². The van der Waals surface area contributed by atoms with Crippen molar-refractivity contribution < 1.29 is 14.0 Å². The van der Waals surface area contributed by atoms with Crippen molar-refractivity contribution in [2.75, 3.05) is 33.5 Å². The molecule has 6 heteroatoms. The predicted molar refractivity (Wildman–Crippen MR) is 72.2 cm³/mol. The molecule has 1 rings (SSSR count). The van der Waals surface area contributed by atoms with Crippen LogP contribution in [0.25, 0.3) is 0 Å². The molecule has 0 aliphatic carbocycles. The van der Waals surface area contributed by atoms with Gasteiger partial charge in [-0.2, -0.15) is 4.98 Å². The van der Waals surface area contributed by atoms with Gasteiger partial charge in [-0.15, -0.1) is 0 Å². The van der Waals surface area contributed by atoms with E-state index in [1.165, 1.54) is 0 Å². The van der Waals surface area contributed by atoms with Crippen LogP contribution in [-0.2, 0) is 22.3 Å². The van der Waals surface area contributed by atoms with Crippen molar-refractivity contribution in [3.8, 4) is 0 Å². The van der Waals surface area contributed by atoms with Gasteiger partial charge in [0.05, 0.1) is 19.8 Å². The second kappa shape index (κ2) is 9.89. The summed E-state index contributed by atoms with van der Waals surface area (Å²) in [5.74, 6) is 1.42. The van der Waals surface area contributed by atoms with Crippen LogP contribution < -0.4 is 5.32 Å². The van der Waals surface area contributed by atoms with Crippen LogP contribution in [0.1, 0.15) is 32.0 Å². The van der Waals surface area contributed by atoms with E-state index >= 15 is 0 Å². The molecule has 1 aromatic rings. The molecule has 0 aromatic carbocycles. The third kappa shape index (κ3) is 7.25. The maximum Gasteiger partial charge on any atom is 0.226 e. The maximum absolute atomic E-state index is 5.36. The molecule has 6 nitrogen and oxygen atoms in total. The highest BCUT2D eigenvalue weighted by molar-refractivity contribution is 4.87. The lowest BCUT2D eigenvalue weighted by molar-refractivity contribution is 0.0714. The third-order valence-electron chi connectivity index (χ3n) is 2.76. The van der Waals surface area contributed by atoms with Gasteiger partial charge in [-0.3, -0.25) is 0 Å². The number of hydrogen-bond acceptors (Lipinski definition) is 6. The highest BCUT2D eigenvalue weighted by atomic mass is 16.5.